The van der Waals surface area contributed by atoms with Crippen molar-refractivity contribution in [3.63, 3.8) is 0 Å². The molecule has 0 bridgehead atoms. The lowest BCUT2D eigenvalue weighted by Crippen LogP contribution is -2.38. The monoisotopic (exact) mass is 306 g/mol. The van der Waals surface area contributed by atoms with Crippen molar-refractivity contribution in [1.29, 1.82) is 0 Å². The van der Waals surface area contributed by atoms with Crippen LogP contribution in [0, 0.1) is 0 Å². The Bertz CT molecular complexity index is 880. The van der Waals surface area contributed by atoms with Gasteiger partial charge in [0.1, 0.15) is 10.6 Å². The first kappa shape index (κ1) is 14.0. The van der Waals surface area contributed by atoms with Crippen molar-refractivity contribution in [3.8, 4) is 0 Å². The van der Waals surface area contributed by atoms with Gasteiger partial charge in [0, 0.05) is 17.8 Å². The van der Waals surface area contributed by atoms with Gasteiger partial charge in [-0.3, -0.25) is 0 Å². The van der Waals surface area contributed by atoms with E-state index in [1.165, 1.54) is 25.4 Å². The van der Waals surface area contributed by atoms with Crippen LogP contribution in [0.15, 0.2) is 54.1 Å². The second-order valence-corrected chi connectivity index (χ2v) is 7.71. The molecule has 3 rings (SSSR count). The van der Waals surface area contributed by atoms with Gasteiger partial charge in [-0.05, 0) is 50.1 Å². The first-order valence-corrected chi connectivity index (χ1v) is 8.02. The molecular weight excluding hydrogens is 291 g/mol. The summed E-state index contributed by atoms with van der Waals surface area (Å²) in [6.07, 6.45) is 6.05. The second kappa shape index (κ2) is 4.53. The highest BCUT2D eigenvalue weighted by Crippen LogP contribution is 2.35. The Morgan fingerprint density at radius 3 is 2.86 bits per heavy atom. The molecule has 0 amide bonds. The lowest BCUT2D eigenvalue weighted by Gasteiger charge is -2.28. The fourth-order valence-electron chi connectivity index (χ4n) is 2.43. The van der Waals surface area contributed by atoms with Crippen molar-refractivity contribution in [3.05, 3.63) is 54.1 Å². The van der Waals surface area contributed by atoms with E-state index in [-0.39, 0.29) is 6.42 Å². The van der Waals surface area contributed by atoms with Crippen molar-refractivity contribution in [2.45, 2.75) is 25.0 Å². The number of fused-ring (bicyclic) bond motifs is 1. The van der Waals surface area contributed by atoms with Crippen molar-refractivity contribution >= 4 is 21.1 Å². The Kier molecular flexibility index (Phi) is 3.02. The maximum Gasteiger partial charge on any atom is 0.249 e. The molecule has 0 radical (unpaired) electrons. The molecule has 1 atom stereocenters. The minimum absolute atomic E-state index is 0.237. The SMILES string of the molecule is CC1=CCC(C)(S(=O)(=O)n2ccc3cccnc32)C=C1F. The molecular formula is C15H15FN2O2S. The number of hydrogen-bond donors (Lipinski definition) is 0. The first-order chi connectivity index (χ1) is 9.85. The van der Waals surface area contributed by atoms with E-state index >= 15 is 0 Å². The fraction of sp³-hybridized carbons (Fsp3) is 0.267. The van der Waals surface area contributed by atoms with Gasteiger partial charge in [0.2, 0.25) is 10.0 Å². The zero-order valence-electron chi connectivity index (χ0n) is 11.7. The van der Waals surface area contributed by atoms with Gasteiger partial charge >= 0.3 is 0 Å². The molecule has 2 heterocycles. The lowest BCUT2D eigenvalue weighted by atomic mass is 9.97. The van der Waals surface area contributed by atoms with Crippen LogP contribution >= 0.6 is 0 Å². The van der Waals surface area contributed by atoms with Crippen molar-refractivity contribution in [2.75, 3.05) is 0 Å². The number of aromatic nitrogens is 2. The molecule has 0 saturated heterocycles. The summed E-state index contributed by atoms with van der Waals surface area (Å²) in [4.78, 5) is 4.12. The minimum Gasteiger partial charge on any atom is -0.237 e. The topological polar surface area (TPSA) is 52.0 Å². The Morgan fingerprint density at radius 2 is 2.14 bits per heavy atom. The first-order valence-electron chi connectivity index (χ1n) is 6.58. The smallest absolute Gasteiger partial charge is 0.237 e. The number of hydrogen-bond acceptors (Lipinski definition) is 3. The van der Waals surface area contributed by atoms with Gasteiger partial charge in [-0.2, -0.15) is 0 Å². The lowest BCUT2D eigenvalue weighted by molar-refractivity contribution is 0.541. The second-order valence-electron chi connectivity index (χ2n) is 5.43. The van der Waals surface area contributed by atoms with Gasteiger partial charge in [-0.25, -0.2) is 21.8 Å². The molecule has 0 aliphatic heterocycles. The van der Waals surface area contributed by atoms with E-state index in [9.17, 15) is 12.8 Å². The van der Waals surface area contributed by atoms with Crippen LogP contribution < -0.4 is 0 Å². The number of pyridine rings is 1. The number of nitrogens with zero attached hydrogens (tertiary/aromatic N) is 2. The third-order valence-electron chi connectivity index (χ3n) is 3.89. The Morgan fingerprint density at radius 1 is 1.38 bits per heavy atom. The summed E-state index contributed by atoms with van der Waals surface area (Å²) in [7, 11) is -3.81. The predicted octanol–water partition coefficient (Wildman–Crippen LogP) is 3.18. The maximum absolute atomic E-state index is 13.9. The van der Waals surface area contributed by atoms with Crippen LogP contribution in [0.2, 0.25) is 0 Å². The van der Waals surface area contributed by atoms with E-state index < -0.39 is 20.6 Å². The summed E-state index contributed by atoms with van der Waals surface area (Å²) < 4.78 is 39.5. The van der Waals surface area contributed by atoms with Gasteiger partial charge in [-0.15, -0.1) is 0 Å². The number of rotatable bonds is 2. The summed E-state index contributed by atoms with van der Waals surface area (Å²) in [6.45, 7) is 3.16. The third kappa shape index (κ3) is 2.01. The summed E-state index contributed by atoms with van der Waals surface area (Å²) in [6, 6.07) is 5.22. The van der Waals surface area contributed by atoms with E-state index in [2.05, 4.69) is 4.98 Å². The summed E-state index contributed by atoms with van der Waals surface area (Å²) in [5, 5.41) is 0.733. The minimum atomic E-state index is -3.81. The van der Waals surface area contributed by atoms with Crippen molar-refractivity contribution in [1.82, 2.24) is 8.96 Å². The summed E-state index contributed by atoms with van der Waals surface area (Å²) >= 11 is 0. The third-order valence-corrected chi connectivity index (χ3v) is 6.16. The normalized spacial score (nSPS) is 23.0. The van der Waals surface area contributed by atoms with E-state index in [4.69, 9.17) is 0 Å². The van der Waals surface area contributed by atoms with Gasteiger partial charge in [0.05, 0.1) is 0 Å². The van der Waals surface area contributed by atoms with Gasteiger partial charge in [0.15, 0.2) is 5.65 Å². The Balaban J connectivity index is 2.18. The highest BCUT2D eigenvalue weighted by atomic mass is 32.2. The number of halogens is 1. The van der Waals surface area contributed by atoms with Crippen LogP contribution in [0.3, 0.4) is 0 Å². The molecule has 1 aliphatic carbocycles. The molecule has 1 aliphatic rings. The van der Waals surface area contributed by atoms with Gasteiger partial charge in [-0.1, -0.05) is 6.08 Å². The zero-order valence-corrected chi connectivity index (χ0v) is 12.6. The van der Waals surface area contributed by atoms with Crippen LogP contribution in [-0.4, -0.2) is 22.1 Å². The van der Waals surface area contributed by atoms with Crippen LogP contribution in [-0.2, 0) is 10.0 Å². The molecule has 1 unspecified atom stereocenters. The molecule has 0 N–H and O–H groups in total. The highest BCUT2D eigenvalue weighted by Gasteiger charge is 2.41. The van der Waals surface area contributed by atoms with Crippen molar-refractivity contribution < 1.29 is 12.8 Å². The standard InChI is InChI=1S/C15H15FN2O2S/c1-11-5-7-15(2,10-13(11)16)21(19,20)18-9-6-12-4-3-8-17-14(12)18/h3-6,8-10H,7H2,1-2H3. The molecule has 4 nitrogen and oxygen atoms in total. The maximum atomic E-state index is 13.9. The van der Waals surface area contributed by atoms with E-state index in [1.54, 1.807) is 31.2 Å². The van der Waals surface area contributed by atoms with Crippen LogP contribution in [0.5, 0.6) is 0 Å². The average Bonchev–Trinajstić information content (AvgIpc) is 2.87. The molecule has 0 fully saturated rings. The quantitative estimate of drug-likeness (QED) is 0.856. The van der Waals surface area contributed by atoms with E-state index in [1.807, 2.05) is 0 Å². The Labute approximate surface area is 122 Å². The van der Waals surface area contributed by atoms with Gasteiger partial charge < -0.3 is 0 Å². The molecule has 2 aromatic heterocycles. The van der Waals surface area contributed by atoms with Crippen LogP contribution in [0.4, 0.5) is 4.39 Å². The van der Waals surface area contributed by atoms with E-state index in [0.29, 0.717) is 11.2 Å². The Hall–Kier alpha value is -1.95. The highest BCUT2D eigenvalue weighted by molar-refractivity contribution is 7.91. The molecule has 0 saturated carbocycles. The molecule has 0 aromatic carbocycles. The summed E-state index contributed by atoms with van der Waals surface area (Å²) in [5.41, 5.74) is 0.831. The largest absolute Gasteiger partial charge is 0.249 e. The zero-order chi connectivity index (χ0) is 15.3. The van der Waals surface area contributed by atoms with Crippen LogP contribution in [0.25, 0.3) is 11.0 Å². The average molecular weight is 306 g/mol. The number of allylic oxidation sites excluding steroid dienone is 3. The van der Waals surface area contributed by atoms with Gasteiger partial charge in [0.25, 0.3) is 0 Å². The fourth-order valence-corrected chi connectivity index (χ4v) is 4.03. The van der Waals surface area contributed by atoms with Crippen molar-refractivity contribution in [2.24, 2.45) is 0 Å². The molecule has 2 aromatic rings. The molecule has 21 heavy (non-hydrogen) atoms. The molecule has 110 valence electrons. The van der Waals surface area contributed by atoms with Crippen LogP contribution in [0.1, 0.15) is 20.3 Å². The predicted molar refractivity (Wildman–Crippen MR) is 80.0 cm³/mol. The molecule has 0 spiro atoms. The van der Waals surface area contributed by atoms with E-state index in [0.717, 1.165) is 9.36 Å². The summed E-state index contributed by atoms with van der Waals surface area (Å²) in [5.74, 6) is -0.489. The molecule has 6 heteroatoms.